The molecule has 0 bridgehead atoms. The van der Waals surface area contributed by atoms with Crippen molar-refractivity contribution in [3.63, 3.8) is 0 Å². The number of hydrogen-bond acceptors (Lipinski definition) is 2. The van der Waals surface area contributed by atoms with Gasteiger partial charge in [0.15, 0.2) is 0 Å². The van der Waals surface area contributed by atoms with Crippen LogP contribution in [0.5, 0.6) is 0 Å². The van der Waals surface area contributed by atoms with Gasteiger partial charge in [0.25, 0.3) is 0 Å². The standard InChI is InChI=1S/C23H24N2O/c1-17(19-9-5-3-6-10-19)25-23(26)18(2)24-22-15-13-21(14-16-22)20-11-7-4-8-12-20/h3-18,24H,1-2H3,(H,25,26)/t17-,18?/m0/s1. The first-order chi connectivity index (χ1) is 12.6. The van der Waals surface area contributed by atoms with Crippen LogP contribution in [-0.2, 0) is 4.79 Å². The van der Waals surface area contributed by atoms with Crippen LogP contribution in [0.4, 0.5) is 5.69 Å². The van der Waals surface area contributed by atoms with E-state index in [0.717, 1.165) is 16.8 Å². The largest absolute Gasteiger partial charge is 0.374 e. The van der Waals surface area contributed by atoms with E-state index in [-0.39, 0.29) is 18.0 Å². The molecule has 0 saturated carbocycles. The van der Waals surface area contributed by atoms with Crippen LogP contribution in [0.3, 0.4) is 0 Å². The topological polar surface area (TPSA) is 41.1 Å². The maximum Gasteiger partial charge on any atom is 0.242 e. The third-order valence-corrected chi connectivity index (χ3v) is 4.43. The van der Waals surface area contributed by atoms with E-state index in [9.17, 15) is 4.79 Å². The summed E-state index contributed by atoms with van der Waals surface area (Å²) in [6.45, 7) is 3.87. The van der Waals surface area contributed by atoms with Crippen LogP contribution in [-0.4, -0.2) is 11.9 Å². The second-order valence-corrected chi connectivity index (χ2v) is 6.45. The van der Waals surface area contributed by atoms with Gasteiger partial charge in [0.2, 0.25) is 5.91 Å². The van der Waals surface area contributed by atoms with Gasteiger partial charge in [0, 0.05) is 5.69 Å². The van der Waals surface area contributed by atoms with E-state index in [2.05, 4.69) is 34.9 Å². The number of hydrogen-bond donors (Lipinski definition) is 2. The number of benzene rings is 3. The van der Waals surface area contributed by atoms with Gasteiger partial charge >= 0.3 is 0 Å². The minimum atomic E-state index is -0.316. The average molecular weight is 344 g/mol. The van der Waals surface area contributed by atoms with Gasteiger partial charge in [-0.1, -0.05) is 72.8 Å². The summed E-state index contributed by atoms with van der Waals surface area (Å²) in [7, 11) is 0. The monoisotopic (exact) mass is 344 g/mol. The molecule has 3 heteroatoms. The average Bonchev–Trinajstić information content (AvgIpc) is 2.70. The first kappa shape index (κ1) is 17.7. The van der Waals surface area contributed by atoms with Gasteiger partial charge in [-0.05, 0) is 42.7 Å². The zero-order valence-corrected chi connectivity index (χ0v) is 15.1. The lowest BCUT2D eigenvalue weighted by Crippen LogP contribution is -2.38. The molecule has 0 spiro atoms. The second-order valence-electron chi connectivity index (χ2n) is 6.45. The van der Waals surface area contributed by atoms with Crippen LogP contribution in [0.15, 0.2) is 84.9 Å². The van der Waals surface area contributed by atoms with Crippen molar-refractivity contribution in [3.8, 4) is 11.1 Å². The van der Waals surface area contributed by atoms with Crippen molar-refractivity contribution in [1.82, 2.24) is 5.32 Å². The van der Waals surface area contributed by atoms with E-state index in [1.807, 2.05) is 74.5 Å². The Morgan fingerprint density at radius 1 is 0.731 bits per heavy atom. The third-order valence-electron chi connectivity index (χ3n) is 4.43. The summed E-state index contributed by atoms with van der Waals surface area (Å²) >= 11 is 0. The highest BCUT2D eigenvalue weighted by Gasteiger charge is 2.15. The summed E-state index contributed by atoms with van der Waals surface area (Å²) in [5, 5.41) is 6.32. The maximum atomic E-state index is 12.4. The molecule has 1 unspecified atom stereocenters. The lowest BCUT2D eigenvalue weighted by Gasteiger charge is -2.19. The van der Waals surface area contributed by atoms with Crippen LogP contribution in [0, 0.1) is 0 Å². The Balaban J connectivity index is 1.59. The summed E-state index contributed by atoms with van der Waals surface area (Å²) in [5.41, 5.74) is 4.37. The Bertz CT molecular complexity index is 829. The molecule has 26 heavy (non-hydrogen) atoms. The molecule has 0 aromatic heterocycles. The lowest BCUT2D eigenvalue weighted by molar-refractivity contribution is -0.122. The first-order valence-electron chi connectivity index (χ1n) is 8.91. The van der Waals surface area contributed by atoms with Gasteiger partial charge in [-0.2, -0.15) is 0 Å². The minimum Gasteiger partial charge on any atom is -0.374 e. The summed E-state index contributed by atoms with van der Waals surface area (Å²) < 4.78 is 0. The molecule has 3 rings (SSSR count). The molecule has 3 nitrogen and oxygen atoms in total. The van der Waals surface area contributed by atoms with Crippen LogP contribution in [0.2, 0.25) is 0 Å². The lowest BCUT2D eigenvalue weighted by atomic mass is 10.1. The predicted octanol–water partition coefficient (Wildman–Crippen LogP) is 5.03. The molecule has 0 fully saturated rings. The van der Waals surface area contributed by atoms with Crippen LogP contribution >= 0.6 is 0 Å². The normalized spacial score (nSPS) is 12.8. The van der Waals surface area contributed by atoms with E-state index >= 15 is 0 Å². The van der Waals surface area contributed by atoms with Crippen molar-refractivity contribution in [3.05, 3.63) is 90.5 Å². The van der Waals surface area contributed by atoms with Crippen molar-refractivity contribution in [1.29, 1.82) is 0 Å². The Labute approximate surface area is 155 Å². The van der Waals surface area contributed by atoms with E-state index < -0.39 is 0 Å². The van der Waals surface area contributed by atoms with Crippen molar-refractivity contribution < 1.29 is 4.79 Å². The van der Waals surface area contributed by atoms with Crippen molar-refractivity contribution in [2.75, 3.05) is 5.32 Å². The minimum absolute atomic E-state index is 0.0199. The summed E-state index contributed by atoms with van der Waals surface area (Å²) in [5.74, 6) is -0.0199. The molecule has 0 radical (unpaired) electrons. The second kappa shape index (κ2) is 8.34. The zero-order chi connectivity index (χ0) is 18.4. The maximum absolute atomic E-state index is 12.4. The van der Waals surface area contributed by atoms with Gasteiger partial charge < -0.3 is 10.6 Å². The first-order valence-corrected chi connectivity index (χ1v) is 8.91. The molecule has 3 aromatic carbocycles. The molecule has 0 saturated heterocycles. The van der Waals surface area contributed by atoms with Gasteiger partial charge in [-0.3, -0.25) is 4.79 Å². The highest BCUT2D eigenvalue weighted by molar-refractivity contribution is 5.84. The predicted molar refractivity (Wildman–Crippen MR) is 108 cm³/mol. The van der Waals surface area contributed by atoms with E-state index in [1.54, 1.807) is 0 Å². The molecule has 1 amide bonds. The molecule has 0 heterocycles. The molecule has 0 aliphatic heterocycles. The molecule has 2 atom stereocenters. The number of carbonyl (C=O) groups is 1. The highest BCUT2D eigenvalue weighted by Crippen LogP contribution is 2.21. The molecule has 132 valence electrons. The van der Waals surface area contributed by atoms with Gasteiger partial charge in [-0.15, -0.1) is 0 Å². The molecular weight excluding hydrogens is 320 g/mol. The summed E-state index contributed by atoms with van der Waals surface area (Å²) in [4.78, 5) is 12.4. The van der Waals surface area contributed by atoms with E-state index in [1.165, 1.54) is 5.56 Å². The fourth-order valence-corrected chi connectivity index (χ4v) is 2.87. The number of nitrogens with one attached hydrogen (secondary N) is 2. The summed E-state index contributed by atoms with van der Waals surface area (Å²) in [6, 6.07) is 28.0. The van der Waals surface area contributed by atoms with Gasteiger partial charge in [0.05, 0.1) is 6.04 Å². The number of carbonyl (C=O) groups excluding carboxylic acids is 1. The van der Waals surface area contributed by atoms with E-state index in [0.29, 0.717) is 0 Å². The summed E-state index contributed by atoms with van der Waals surface area (Å²) in [6.07, 6.45) is 0. The molecule has 3 aromatic rings. The number of amides is 1. The SMILES string of the molecule is CC(Nc1ccc(-c2ccccc2)cc1)C(=O)N[C@@H](C)c1ccccc1. The third kappa shape index (κ3) is 4.51. The molecule has 0 aliphatic carbocycles. The highest BCUT2D eigenvalue weighted by atomic mass is 16.2. The molecular formula is C23H24N2O. The van der Waals surface area contributed by atoms with Crippen molar-refractivity contribution in [2.45, 2.75) is 25.9 Å². The van der Waals surface area contributed by atoms with Crippen molar-refractivity contribution >= 4 is 11.6 Å². The fourth-order valence-electron chi connectivity index (χ4n) is 2.87. The molecule has 0 aliphatic rings. The Morgan fingerprint density at radius 3 is 1.88 bits per heavy atom. The Hall–Kier alpha value is -3.07. The fraction of sp³-hybridized carbons (Fsp3) is 0.174. The Kier molecular flexibility index (Phi) is 5.69. The van der Waals surface area contributed by atoms with Crippen molar-refractivity contribution in [2.24, 2.45) is 0 Å². The zero-order valence-electron chi connectivity index (χ0n) is 15.1. The number of anilines is 1. The quantitative estimate of drug-likeness (QED) is 0.658. The smallest absolute Gasteiger partial charge is 0.242 e. The molecule has 2 N–H and O–H groups in total. The van der Waals surface area contributed by atoms with Gasteiger partial charge in [-0.25, -0.2) is 0 Å². The van der Waals surface area contributed by atoms with Crippen LogP contribution in [0.1, 0.15) is 25.5 Å². The Morgan fingerprint density at radius 2 is 1.27 bits per heavy atom. The number of rotatable bonds is 6. The van der Waals surface area contributed by atoms with Crippen LogP contribution in [0.25, 0.3) is 11.1 Å². The van der Waals surface area contributed by atoms with E-state index in [4.69, 9.17) is 0 Å². The van der Waals surface area contributed by atoms with Gasteiger partial charge in [0.1, 0.15) is 6.04 Å². The van der Waals surface area contributed by atoms with Crippen LogP contribution < -0.4 is 10.6 Å².